The topological polar surface area (TPSA) is 20.7 Å². The first kappa shape index (κ1) is 23.4. The predicted octanol–water partition coefficient (Wildman–Crippen LogP) is 11.1. The molecular weight excluding hydrogens is 541 g/mol. The summed E-state index contributed by atoms with van der Waals surface area (Å²) >= 11 is 1.91. The number of fused-ring (bicyclic) bond motifs is 13. The van der Waals surface area contributed by atoms with Crippen LogP contribution in [0.2, 0.25) is 0 Å². The molecule has 3 aromatic heterocycles. The number of benzene rings is 6. The molecule has 1 atom stereocenters. The summed E-state index contributed by atoms with van der Waals surface area (Å²) in [4.78, 5) is 3.88. The Bertz CT molecular complexity index is 2590. The van der Waals surface area contributed by atoms with Crippen molar-refractivity contribution < 1.29 is 0 Å². The van der Waals surface area contributed by atoms with E-state index in [4.69, 9.17) is 0 Å². The lowest BCUT2D eigenvalue weighted by atomic mass is 9.85. The van der Waals surface area contributed by atoms with Crippen LogP contribution in [0.4, 0.5) is 0 Å². The third kappa shape index (κ3) is 3.23. The van der Waals surface area contributed by atoms with E-state index in [2.05, 4.69) is 143 Å². The first-order chi connectivity index (χ1) is 21.3. The second-order valence-corrected chi connectivity index (χ2v) is 12.8. The second-order valence-electron chi connectivity index (χ2n) is 11.7. The molecule has 3 heterocycles. The number of hydrogen-bond donors (Lipinski definition) is 1. The van der Waals surface area contributed by atoms with Crippen LogP contribution in [-0.2, 0) is 6.42 Å². The van der Waals surface area contributed by atoms with Crippen molar-refractivity contribution in [2.45, 2.75) is 12.3 Å². The zero-order valence-electron chi connectivity index (χ0n) is 23.3. The fourth-order valence-electron chi connectivity index (χ4n) is 7.59. The maximum absolute atomic E-state index is 3.88. The van der Waals surface area contributed by atoms with Gasteiger partial charge >= 0.3 is 0 Å². The van der Waals surface area contributed by atoms with E-state index in [-0.39, 0.29) is 0 Å². The maximum atomic E-state index is 3.88. The van der Waals surface area contributed by atoms with Crippen LogP contribution >= 0.6 is 11.3 Å². The Morgan fingerprint density at radius 3 is 2.19 bits per heavy atom. The van der Waals surface area contributed by atoms with Crippen LogP contribution in [-0.4, -0.2) is 9.55 Å². The summed E-state index contributed by atoms with van der Waals surface area (Å²) in [6, 6.07) is 44.4. The maximum Gasteiger partial charge on any atom is 0.0649 e. The standard InChI is InChI=1S/C40H26N2S/c1-2-10-26(11-3-1)42-34-16-8-6-12-27(34)31-22-25(19-21-35(31)42)24-18-20-33-32(23-24)37-28-13-4-5-14-29(28)38-30-15-7-9-17-36(30)43-40(38)39(37)41-33/h1-22,24,41H,23H2. The van der Waals surface area contributed by atoms with Gasteiger partial charge in [0.05, 0.1) is 21.3 Å². The Labute approximate surface area is 252 Å². The molecular formula is C40H26N2S. The van der Waals surface area contributed by atoms with Crippen molar-refractivity contribution >= 4 is 81.1 Å². The molecule has 2 nitrogen and oxygen atoms in total. The number of aromatic nitrogens is 2. The molecule has 9 aromatic rings. The summed E-state index contributed by atoms with van der Waals surface area (Å²) in [5, 5.41) is 9.43. The van der Waals surface area contributed by atoms with Gasteiger partial charge in [0.2, 0.25) is 0 Å². The number of nitrogens with one attached hydrogen (secondary N) is 1. The van der Waals surface area contributed by atoms with Crippen LogP contribution in [0.25, 0.3) is 75.4 Å². The van der Waals surface area contributed by atoms with Crippen LogP contribution in [0.1, 0.15) is 22.7 Å². The van der Waals surface area contributed by atoms with E-state index in [0.717, 1.165) is 6.42 Å². The molecule has 0 saturated carbocycles. The molecule has 0 saturated heterocycles. The summed E-state index contributed by atoms with van der Waals surface area (Å²) < 4.78 is 5.11. The highest BCUT2D eigenvalue weighted by atomic mass is 32.1. The number of nitrogens with zero attached hydrogens (tertiary/aromatic N) is 1. The molecule has 0 amide bonds. The van der Waals surface area contributed by atoms with E-state index in [9.17, 15) is 0 Å². The van der Waals surface area contributed by atoms with Gasteiger partial charge in [-0.3, -0.25) is 0 Å². The van der Waals surface area contributed by atoms with Crippen LogP contribution in [0, 0.1) is 0 Å². The molecule has 1 aliphatic carbocycles. The molecule has 6 aromatic carbocycles. The molecule has 43 heavy (non-hydrogen) atoms. The molecule has 0 fully saturated rings. The van der Waals surface area contributed by atoms with E-state index in [1.165, 1.54) is 86.2 Å². The van der Waals surface area contributed by atoms with Gasteiger partial charge in [-0.15, -0.1) is 11.3 Å². The first-order valence-corrected chi connectivity index (χ1v) is 15.8. The highest BCUT2D eigenvalue weighted by Gasteiger charge is 2.25. The van der Waals surface area contributed by atoms with E-state index in [1.54, 1.807) is 0 Å². The van der Waals surface area contributed by atoms with Crippen molar-refractivity contribution in [2.24, 2.45) is 0 Å². The minimum absolute atomic E-state index is 0.312. The van der Waals surface area contributed by atoms with E-state index >= 15 is 0 Å². The van der Waals surface area contributed by atoms with Crippen molar-refractivity contribution in [1.29, 1.82) is 0 Å². The highest BCUT2D eigenvalue weighted by molar-refractivity contribution is 7.26. The van der Waals surface area contributed by atoms with Gasteiger partial charge in [0.15, 0.2) is 0 Å². The van der Waals surface area contributed by atoms with Crippen molar-refractivity contribution in [3.8, 4) is 5.69 Å². The number of thiophene rings is 1. The van der Waals surface area contributed by atoms with Gasteiger partial charge in [0, 0.05) is 48.9 Å². The first-order valence-electron chi connectivity index (χ1n) is 15.0. The van der Waals surface area contributed by atoms with Crippen LogP contribution < -0.4 is 0 Å². The summed E-state index contributed by atoms with van der Waals surface area (Å²) in [6.45, 7) is 0. The van der Waals surface area contributed by atoms with Crippen molar-refractivity contribution in [2.75, 3.05) is 0 Å². The second kappa shape index (κ2) is 8.70. The number of aromatic amines is 1. The zero-order chi connectivity index (χ0) is 28.1. The molecule has 0 spiro atoms. The smallest absolute Gasteiger partial charge is 0.0649 e. The lowest BCUT2D eigenvalue weighted by Crippen LogP contribution is -2.05. The van der Waals surface area contributed by atoms with E-state index in [1.807, 2.05) is 11.3 Å². The summed E-state index contributed by atoms with van der Waals surface area (Å²) in [5.41, 5.74) is 9.04. The molecule has 3 heteroatoms. The minimum atomic E-state index is 0.312. The fourth-order valence-corrected chi connectivity index (χ4v) is 8.82. The molecule has 0 aliphatic heterocycles. The Kier molecular flexibility index (Phi) is 4.74. The monoisotopic (exact) mass is 566 g/mol. The SMILES string of the molecule is C1=CC(c2ccc3c(c2)c2ccccc2n3-c2ccccc2)Cc2c1[nH]c1c3sc4ccccc4c3c3ccccc3c21. The molecule has 0 bridgehead atoms. The molecule has 0 radical (unpaired) electrons. The normalized spacial score (nSPS) is 15.0. The van der Waals surface area contributed by atoms with Gasteiger partial charge in [-0.05, 0) is 70.8 Å². The molecule has 1 N–H and O–H groups in total. The van der Waals surface area contributed by atoms with Crippen molar-refractivity contribution in [3.63, 3.8) is 0 Å². The van der Waals surface area contributed by atoms with Gasteiger partial charge in [-0.25, -0.2) is 0 Å². The van der Waals surface area contributed by atoms with Gasteiger partial charge < -0.3 is 9.55 Å². The summed E-state index contributed by atoms with van der Waals surface area (Å²) in [5.74, 6) is 0.312. The zero-order valence-corrected chi connectivity index (χ0v) is 24.2. The minimum Gasteiger partial charge on any atom is -0.354 e. The number of rotatable bonds is 2. The Hall–Kier alpha value is -5.12. The lowest BCUT2D eigenvalue weighted by molar-refractivity contribution is 0.833. The van der Waals surface area contributed by atoms with Crippen LogP contribution in [0.15, 0.2) is 127 Å². The van der Waals surface area contributed by atoms with Crippen molar-refractivity contribution in [1.82, 2.24) is 9.55 Å². The quantitative estimate of drug-likeness (QED) is 0.215. The number of para-hydroxylation sites is 2. The largest absolute Gasteiger partial charge is 0.354 e. The Balaban J connectivity index is 1.17. The lowest BCUT2D eigenvalue weighted by Gasteiger charge is -2.19. The van der Waals surface area contributed by atoms with Gasteiger partial charge in [-0.2, -0.15) is 0 Å². The third-order valence-corrected chi connectivity index (χ3v) is 10.7. The fraction of sp³-hybridized carbons (Fsp3) is 0.0500. The molecule has 10 rings (SSSR count). The highest BCUT2D eigenvalue weighted by Crippen LogP contribution is 2.47. The number of allylic oxidation sites excluding steroid dienone is 1. The predicted molar refractivity (Wildman–Crippen MR) is 185 cm³/mol. The Morgan fingerprint density at radius 1 is 0.628 bits per heavy atom. The van der Waals surface area contributed by atoms with Crippen LogP contribution in [0.5, 0.6) is 0 Å². The molecule has 202 valence electrons. The van der Waals surface area contributed by atoms with Gasteiger partial charge in [0.25, 0.3) is 0 Å². The van der Waals surface area contributed by atoms with E-state index < -0.39 is 0 Å². The average Bonchev–Trinajstić information content (AvgIpc) is 3.75. The third-order valence-electron chi connectivity index (χ3n) is 9.48. The molecule has 1 aliphatic rings. The number of H-pyrrole nitrogens is 1. The summed E-state index contributed by atoms with van der Waals surface area (Å²) in [7, 11) is 0. The molecule has 1 unspecified atom stereocenters. The number of hydrogen-bond acceptors (Lipinski definition) is 1. The van der Waals surface area contributed by atoms with Gasteiger partial charge in [-0.1, -0.05) is 91.0 Å². The van der Waals surface area contributed by atoms with E-state index in [0.29, 0.717) is 5.92 Å². The van der Waals surface area contributed by atoms with Crippen LogP contribution in [0.3, 0.4) is 0 Å². The van der Waals surface area contributed by atoms with Gasteiger partial charge in [0.1, 0.15) is 0 Å². The Morgan fingerprint density at radius 2 is 1.33 bits per heavy atom. The van der Waals surface area contributed by atoms with Crippen molar-refractivity contribution in [3.05, 3.63) is 144 Å². The average molecular weight is 567 g/mol. The summed E-state index contributed by atoms with van der Waals surface area (Å²) in [6.07, 6.45) is 5.71.